The zero-order chi connectivity index (χ0) is 16.3. The van der Waals surface area contributed by atoms with Gasteiger partial charge >= 0.3 is 6.09 Å². The fourth-order valence-electron chi connectivity index (χ4n) is 2.20. The summed E-state index contributed by atoms with van der Waals surface area (Å²) in [6.45, 7) is 5.91. The van der Waals surface area contributed by atoms with E-state index in [-0.39, 0.29) is 0 Å². The summed E-state index contributed by atoms with van der Waals surface area (Å²) in [5.74, 6) is -0.595. The van der Waals surface area contributed by atoms with Crippen LogP contribution in [0, 0.1) is 0 Å². The van der Waals surface area contributed by atoms with Gasteiger partial charge in [0.15, 0.2) is 0 Å². The van der Waals surface area contributed by atoms with Crippen LogP contribution in [0.4, 0.5) is 4.79 Å². The van der Waals surface area contributed by atoms with Crippen LogP contribution in [0.15, 0.2) is 23.2 Å². The second kappa shape index (κ2) is 6.17. The maximum absolute atomic E-state index is 11.8. The van der Waals surface area contributed by atoms with Gasteiger partial charge in [-0.3, -0.25) is 9.79 Å². The molecule has 6 nitrogen and oxygen atoms in total. The van der Waals surface area contributed by atoms with Gasteiger partial charge in [0.2, 0.25) is 5.91 Å². The molecule has 0 radical (unpaired) electrons. The van der Waals surface area contributed by atoms with Crippen molar-refractivity contribution in [3.05, 3.63) is 34.9 Å². The molecule has 1 atom stereocenters. The van der Waals surface area contributed by atoms with Crippen molar-refractivity contribution in [3.8, 4) is 0 Å². The van der Waals surface area contributed by atoms with Crippen LogP contribution in [-0.2, 0) is 22.5 Å². The van der Waals surface area contributed by atoms with Crippen molar-refractivity contribution in [1.82, 2.24) is 5.32 Å². The quantitative estimate of drug-likeness (QED) is 0.883. The first-order valence-electron chi connectivity index (χ1n) is 7.15. The second-order valence-electron chi connectivity index (χ2n) is 6.31. The Labute approximate surface area is 129 Å². The van der Waals surface area contributed by atoms with Crippen LogP contribution in [0.25, 0.3) is 0 Å². The number of fused-ring (bicyclic) bond motifs is 1. The summed E-state index contributed by atoms with van der Waals surface area (Å²) in [4.78, 5) is 27.5. The smallest absolute Gasteiger partial charge is 0.408 e. The molecule has 1 unspecified atom stereocenters. The Morgan fingerprint density at radius 2 is 2.14 bits per heavy atom. The summed E-state index contributed by atoms with van der Waals surface area (Å²) in [7, 11) is 0. The summed E-state index contributed by atoms with van der Waals surface area (Å²) in [5.41, 5.74) is 7.86. The molecule has 2 amide bonds. The molecule has 118 valence electrons. The van der Waals surface area contributed by atoms with Crippen molar-refractivity contribution in [3.63, 3.8) is 0 Å². The van der Waals surface area contributed by atoms with E-state index in [0.29, 0.717) is 13.0 Å². The molecule has 0 aromatic heterocycles. The number of nitrogens with two attached hydrogens (primary N) is 1. The second-order valence-corrected chi connectivity index (χ2v) is 6.31. The van der Waals surface area contributed by atoms with Crippen molar-refractivity contribution < 1.29 is 14.3 Å². The number of carbonyl (C=O) groups excluding carboxylic acids is 2. The zero-order valence-electron chi connectivity index (χ0n) is 13.1. The van der Waals surface area contributed by atoms with E-state index < -0.39 is 23.6 Å². The van der Waals surface area contributed by atoms with Crippen LogP contribution in [0.5, 0.6) is 0 Å². The Hall–Kier alpha value is -2.37. The summed E-state index contributed by atoms with van der Waals surface area (Å²) in [6, 6.07) is 5.03. The lowest BCUT2D eigenvalue weighted by Gasteiger charge is -2.22. The predicted octanol–water partition coefficient (Wildman–Crippen LogP) is 1.54. The number of aliphatic imine (C=N–C) groups is 1. The topological polar surface area (TPSA) is 93.8 Å². The van der Waals surface area contributed by atoms with Gasteiger partial charge in [0, 0.05) is 12.6 Å². The van der Waals surface area contributed by atoms with E-state index in [1.165, 1.54) is 0 Å². The average Bonchev–Trinajstić information content (AvgIpc) is 2.82. The van der Waals surface area contributed by atoms with Crippen molar-refractivity contribution in [2.75, 3.05) is 0 Å². The Balaban J connectivity index is 2.03. The lowest BCUT2D eigenvalue weighted by molar-refractivity contribution is -0.120. The van der Waals surface area contributed by atoms with E-state index in [1.807, 2.05) is 24.4 Å². The molecule has 22 heavy (non-hydrogen) atoms. The largest absolute Gasteiger partial charge is 0.444 e. The highest BCUT2D eigenvalue weighted by Gasteiger charge is 2.23. The zero-order valence-corrected chi connectivity index (χ0v) is 13.1. The predicted molar refractivity (Wildman–Crippen MR) is 83.8 cm³/mol. The Morgan fingerprint density at radius 1 is 1.41 bits per heavy atom. The Bertz CT molecular complexity index is 618. The van der Waals surface area contributed by atoms with Crippen molar-refractivity contribution >= 4 is 18.2 Å². The van der Waals surface area contributed by atoms with Crippen molar-refractivity contribution in [2.45, 2.75) is 45.4 Å². The molecule has 0 saturated carbocycles. The normalized spacial score (nSPS) is 14.3. The highest BCUT2D eigenvalue weighted by atomic mass is 16.6. The molecule has 0 aliphatic carbocycles. The third kappa shape index (κ3) is 4.31. The minimum absolute atomic E-state index is 0.321. The van der Waals surface area contributed by atoms with E-state index in [4.69, 9.17) is 10.5 Å². The molecular formula is C16H21N3O3. The van der Waals surface area contributed by atoms with E-state index in [0.717, 1.165) is 16.7 Å². The lowest BCUT2D eigenvalue weighted by Crippen LogP contribution is -2.47. The van der Waals surface area contributed by atoms with Crippen molar-refractivity contribution in [1.29, 1.82) is 0 Å². The number of alkyl carbamates (subject to hydrolysis) is 1. The third-order valence-electron chi connectivity index (χ3n) is 3.17. The number of hydrogen-bond donors (Lipinski definition) is 2. The number of nitrogens with one attached hydrogen (secondary N) is 1. The van der Waals surface area contributed by atoms with Gasteiger partial charge < -0.3 is 15.8 Å². The van der Waals surface area contributed by atoms with Gasteiger partial charge in [-0.25, -0.2) is 4.79 Å². The summed E-state index contributed by atoms with van der Waals surface area (Å²) < 4.78 is 5.15. The first kappa shape index (κ1) is 16.0. The van der Waals surface area contributed by atoms with Crippen LogP contribution in [0.2, 0.25) is 0 Å². The minimum atomic E-state index is -0.810. The van der Waals surface area contributed by atoms with Crippen molar-refractivity contribution in [2.24, 2.45) is 10.7 Å². The minimum Gasteiger partial charge on any atom is -0.444 e. The van der Waals surface area contributed by atoms with Gasteiger partial charge in [-0.1, -0.05) is 18.2 Å². The molecule has 1 aliphatic rings. The molecule has 3 N–H and O–H groups in total. The summed E-state index contributed by atoms with van der Waals surface area (Å²) in [5, 5.41) is 2.52. The summed E-state index contributed by atoms with van der Waals surface area (Å²) in [6.07, 6.45) is 1.49. The van der Waals surface area contributed by atoms with Gasteiger partial charge in [-0.15, -0.1) is 0 Å². The highest BCUT2D eigenvalue weighted by molar-refractivity contribution is 5.85. The Morgan fingerprint density at radius 3 is 2.77 bits per heavy atom. The van der Waals surface area contributed by atoms with Crippen LogP contribution in [-0.4, -0.2) is 29.9 Å². The molecular weight excluding hydrogens is 282 g/mol. The van der Waals surface area contributed by atoms with E-state index in [9.17, 15) is 9.59 Å². The third-order valence-corrected chi connectivity index (χ3v) is 3.17. The van der Waals surface area contributed by atoms with Crippen LogP contribution in [0.1, 0.15) is 37.5 Å². The standard InChI is InChI=1S/C16H21N3O3/c1-16(2,3)22-15(21)19-13(14(17)20)7-10-4-5-11-8-18-9-12(11)6-10/h4-6,8,13H,7,9H2,1-3H3,(H2,17,20)(H,19,21). The number of carbonyl (C=O) groups is 2. The molecule has 0 fully saturated rings. The Kier molecular flexibility index (Phi) is 4.49. The van der Waals surface area contributed by atoms with Crippen LogP contribution in [0.3, 0.4) is 0 Å². The molecule has 1 aromatic carbocycles. The monoisotopic (exact) mass is 303 g/mol. The molecule has 1 aromatic rings. The fourth-order valence-corrected chi connectivity index (χ4v) is 2.20. The molecule has 2 rings (SSSR count). The van der Waals surface area contributed by atoms with E-state index in [1.54, 1.807) is 20.8 Å². The van der Waals surface area contributed by atoms with Crippen LogP contribution >= 0.6 is 0 Å². The highest BCUT2D eigenvalue weighted by Crippen LogP contribution is 2.17. The van der Waals surface area contributed by atoms with Gasteiger partial charge in [-0.2, -0.15) is 0 Å². The fraction of sp³-hybridized carbons (Fsp3) is 0.438. The lowest BCUT2D eigenvalue weighted by atomic mass is 10.0. The first-order chi connectivity index (χ1) is 10.2. The number of nitrogens with zero attached hydrogens (tertiary/aromatic N) is 1. The number of rotatable bonds is 4. The molecule has 6 heteroatoms. The summed E-state index contributed by atoms with van der Waals surface area (Å²) >= 11 is 0. The average molecular weight is 303 g/mol. The molecule has 0 bridgehead atoms. The maximum Gasteiger partial charge on any atom is 0.408 e. The van der Waals surface area contributed by atoms with E-state index >= 15 is 0 Å². The number of amides is 2. The maximum atomic E-state index is 11.8. The molecule has 1 aliphatic heterocycles. The molecule has 0 spiro atoms. The number of hydrogen-bond acceptors (Lipinski definition) is 4. The van der Waals surface area contributed by atoms with Crippen LogP contribution < -0.4 is 11.1 Å². The molecule has 0 saturated heterocycles. The number of ether oxygens (including phenoxy) is 1. The van der Waals surface area contributed by atoms with Gasteiger partial charge in [-0.05, 0) is 37.5 Å². The molecule has 1 heterocycles. The first-order valence-corrected chi connectivity index (χ1v) is 7.15. The number of benzene rings is 1. The van der Waals surface area contributed by atoms with Gasteiger partial charge in [0.05, 0.1) is 6.54 Å². The number of primary amides is 1. The SMILES string of the molecule is CC(C)(C)OC(=O)NC(Cc1ccc2c(c1)CN=C2)C(N)=O. The van der Waals surface area contributed by atoms with Gasteiger partial charge in [0.25, 0.3) is 0 Å². The van der Waals surface area contributed by atoms with Gasteiger partial charge in [0.1, 0.15) is 11.6 Å². The van der Waals surface area contributed by atoms with E-state index in [2.05, 4.69) is 10.3 Å².